The number of rotatable bonds is 3. The number of hydrogen-bond donors (Lipinski definition) is 0. The average Bonchev–Trinajstić information content (AvgIpc) is 3.45. The van der Waals surface area contributed by atoms with Gasteiger partial charge in [-0.05, 0) is 43.9 Å². The third-order valence-electron chi connectivity index (χ3n) is 5.09. The zero-order chi connectivity index (χ0) is 16.7. The van der Waals surface area contributed by atoms with Gasteiger partial charge in [0.1, 0.15) is 18.0 Å². The normalized spacial score (nSPS) is 21.1. The van der Waals surface area contributed by atoms with Crippen molar-refractivity contribution in [3.8, 4) is 0 Å². The second-order valence-corrected chi connectivity index (χ2v) is 6.82. The summed E-state index contributed by atoms with van der Waals surface area (Å²) < 4.78 is 13.7. The Kier molecular flexibility index (Phi) is 3.82. The minimum Gasteiger partial charge on any atom is -0.354 e. The summed E-state index contributed by atoms with van der Waals surface area (Å²) >= 11 is 0. The number of likely N-dealkylation sites (N-methyl/N-ethyl adjacent to an activating group) is 1. The topological polar surface area (TPSA) is 49.3 Å². The van der Waals surface area contributed by atoms with Crippen molar-refractivity contribution < 1.29 is 9.18 Å². The van der Waals surface area contributed by atoms with Gasteiger partial charge >= 0.3 is 0 Å². The fourth-order valence-electron chi connectivity index (χ4n) is 3.53. The molecule has 1 saturated heterocycles. The van der Waals surface area contributed by atoms with Gasteiger partial charge in [-0.15, -0.1) is 0 Å². The molecule has 1 aliphatic heterocycles. The van der Waals surface area contributed by atoms with Crippen LogP contribution in [0.4, 0.5) is 10.2 Å². The average molecular weight is 328 g/mol. The van der Waals surface area contributed by atoms with E-state index in [1.54, 1.807) is 6.07 Å². The lowest BCUT2D eigenvalue weighted by atomic mass is 10.0. The predicted octanol–water partition coefficient (Wildman–Crippen LogP) is 2.61. The van der Waals surface area contributed by atoms with Crippen molar-refractivity contribution in [2.75, 3.05) is 25.0 Å². The van der Waals surface area contributed by atoms with Crippen LogP contribution in [0.3, 0.4) is 0 Å². The van der Waals surface area contributed by atoms with Gasteiger partial charge in [-0.25, -0.2) is 14.4 Å². The maximum absolute atomic E-state index is 13.7. The quantitative estimate of drug-likeness (QED) is 0.869. The van der Waals surface area contributed by atoms with Gasteiger partial charge < -0.3 is 9.80 Å². The molecule has 1 amide bonds. The van der Waals surface area contributed by atoms with Crippen LogP contribution in [-0.4, -0.2) is 47.0 Å². The zero-order valence-corrected chi connectivity index (χ0v) is 13.8. The summed E-state index contributed by atoms with van der Waals surface area (Å²) in [4.78, 5) is 25.0. The molecule has 6 heteroatoms. The highest BCUT2D eigenvalue weighted by molar-refractivity contribution is 5.89. The number of aromatic nitrogens is 2. The largest absolute Gasteiger partial charge is 0.354 e. The summed E-state index contributed by atoms with van der Waals surface area (Å²) in [7, 11) is 1.91. The van der Waals surface area contributed by atoms with Crippen LogP contribution in [0.15, 0.2) is 24.5 Å². The lowest BCUT2D eigenvalue weighted by Gasteiger charge is -2.38. The van der Waals surface area contributed by atoms with E-state index < -0.39 is 0 Å². The van der Waals surface area contributed by atoms with Gasteiger partial charge in [-0.1, -0.05) is 0 Å². The number of hydrogen-bond acceptors (Lipinski definition) is 4. The van der Waals surface area contributed by atoms with E-state index in [-0.39, 0.29) is 23.7 Å². The molecule has 0 radical (unpaired) electrons. The molecular formula is C18H21FN4O. The number of piperidine rings is 1. The van der Waals surface area contributed by atoms with Crippen LogP contribution in [-0.2, 0) is 4.79 Å². The summed E-state index contributed by atoms with van der Waals surface area (Å²) in [6, 6.07) is 4.78. The van der Waals surface area contributed by atoms with E-state index in [2.05, 4.69) is 14.9 Å². The lowest BCUT2D eigenvalue weighted by Crippen LogP contribution is -2.49. The third kappa shape index (κ3) is 2.81. The minimum absolute atomic E-state index is 0.186. The number of halogens is 1. The Morgan fingerprint density at radius 2 is 2.12 bits per heavy atom. The van der Waals surface area contributed by atoms with E-state index >= 15 is 0 Å². The molecule has 1 aromatic carbocycles. The molecule has 2 aromatic rings. The van der Waals surface area contributed by atoms with Crippen LogP contribution in [0.25, 0.3) is 10.9 Å². The van der Waals surface area contributed by atoms with Crippen LogP contribution in [0, 0.1) is 11.7 Å². The van der Waals surface area contributed by atoms with Gasteiger partial charge in [-0.3, -0.25) is 4.79 Å². The van der Waals surface area contributed by atoms with Gasteiger partial charge in [0.25, 0.3) is 0 Å². The number of carbonyl (C=O) groups excluding carboxylic acids is 1. The predicted molar refractivity (Wildman–Crippen MR) is 90.2 cm³/mol. The van der Waals surface area contributed by atoms with Gasteiger partial charge in [-0.2, -0.15) is 0 Å². The van der Waals surface area contributed by atoms with Crippen LogP contribution in [0.1, 0.15) is 25.7 Å². The van der Waals surface area contributed by atoms with E-state index in [0.717, 1.165) is 55.5 Å². The highest BCUT2D eigenvalue weighted by atomic mass is 19.1. The molecular weight excluding hydrogens is 307 g/mol. The Balaban J connectivity index is 1.60. The first-order chi connectivity index (χ1) is 11.6. The van der Waals surface area contributed by atoms with Crippen molar-refractivity contribution >= 4 is 22.6 Å². The summed E-state index contributed by atoms with van der Waals surface area (Å²) in [6.07, 6.45) is 5.57. The highest BCUT2D eigenvalue weighted by Crippen LogP contribution is 2.33. The summed E-state index contributed by atoms with van der Waals surface area (Å²) in [5.74, 6) is 0.976. The molecule has 0 spiro atoms. The van der Waals surface area contributed by atoms with Gasteiger partial charge in [0.15, 0.2) is 0 Å². The minimum atomic E-state index is -0.284. The van der Waals surface area contributed by atoms with Crippen LogP contribution < -0.4 is 4.90 Å². The Morgan fingerprint density at radius 1 is 1.29 bits per heavy atom. The van der Waals surface area contributed by atoms with Crippen LogP contribution in [0.5, 0.6) is 0 Å². The Bertz CT molecular complexity index is 777. The lowest BCUT2D eigenvalue weighted by molar-refractivity contribution is -0.133. The molecule has 1 atom stereocenters. The first-order valence-corrected chi connectivity index (χ1v) is 8.55. The molecule has 1 aliphatic carbocycles. The highest BCUT2D eigenvalue weighted by Gasteiger charge is 2.36. The van der Waals surface area contributed by atoms with Crippen molar-refractivity contribution in [3.05, 3.63) is 30.3 Å². The Hall–Kier alpha value is -2.24. The second-order valence-electron chi connectivity index (χ2n) is 6.82. The second kappa shape index (κ2) is 6.00. The monoisotopic (exact) mass is 328 g/mol. The molecule has 24 heavy (non-hydrogen) atoms. The number of anilines is 1. The molecule has 1 saturated carbocycles. The number of carbonyl (C=O) groups is 1. The fraction of sp³-hybridized carbons (Fsp3) is 0.500. The SMILES string of the molecule is CN(C(=O)C1CC1)C1CCCN(c2ncnc3ccc(F)cc23)C1. The van der Waals surface area contributed by atoms with Crippen molar-refractivity contribution in [3.63, 3.8) is 0 Å². The van der Waals surface area contributed by atoms with Gasteiger partial charge in [0.2, 0.25) is 5.91 Å². The Labute approximate surface area is 140 Å². The molecule has 5 nitrogen and oxygen atoms in total. The van der Waals surface area contributed by atoms with E-state index in [1.165, 1.54) is 18.5 Å². The molecule has 2 heterocycles. The smallest absolute Gasteiger partial charge is 0.225 e. The van der Waals surface area contributed by atoms with Crippen molar-refractivity contribution in [2.45, 2.75) is 31.7 Å². The number of amides is 1. The van der Waals surface area contributed by atoms with Crippen LogP contribution >= 0.6 is 0 Å². The third-order valence-corrected chi connectivity index (χ3v) is 5.09. The van der Waals surface area contributed by atoms with E-state index in [0.29, 0.717) is 0 Å². The van der Waals surface area contributed by atoms with Crippen molar-refractivity contribution in [1.82, 2.24) is 14.9 Å². The molecule has 0 bridgehead atoms. The zero-order valence-electron chi connectivity index (χ0n) is 13.8. The molecule has 126 valence electrons. The molecule has 2 fully saturated rings. The maximum Gasteiger partial charge on any atom is 0.225 e. The molecule has 2 aliphatic rings. The summed E-state index contributed by atoms with van der Waals surface area (Å²) in [5.41, 5.74) is 0.742. The van der Waals surface area contributed by atoms with Gasteiger partial charge in [0, 0.05) is 37.5 Å². The van der Waals surface area contributed by atoms with Crippen molar-refractivity contribution in [1.29, 1.82) is 0 Å². The maximum atomic E-state index is 13.7. The van der Waals surface area contributed by atoms with E-state index in [9.17, 15) is 9.18 Å². The summed E-state index contributed by atoms with van der Waals surface area (Å²) in [6.45, 7) is 1.60. The molecule has 0 N–H and O–H groups in total. The fourth-order valence-corrected chi connectivity index (χ4v) is 3.53. The number of fused-ring (bicyclic) bond motifs is 1. The number of nitrogens with zero attached hydrogens (tertiary/aromatic N) is 4. The van der Waals surface area contributed by atoms with Crippen LogP contribution in [0.2, 0.25) is 0 Å². The standard InChI is InChI=1S/C18H21FN4O/c1-22(18(24)12-4-5-12)14-3-2-8-23(10-14)17-15-9-13(19)6-7-16(15)20-11-21-17/h6-7,9,11-12,14H,2-5,8,10H2,1H3. The van der Waals surface area contributed by atoms with E-state index in [1.807, 2.05) is 11.9 Å². The van der Waals surface area contributed by atoms with Crippen molar-refractivity contribution in [2.24, 2.45) is 5.92 Å². The Morgan fingerprint density at radius 3 is 2.92 bits per heavy atom. The summed E-state index contributed by atoms with van der Waals surface area (Å²) in [5, 5.41) is 0.731. The first kappa shape index (κ1) is 15.3. The first-order valence-electron chi connectivity index (χ1n) is 8.55. The van der Waals surface area contributed by atoms with E-state index in [4.69, 9.17) is 0 Å². The molecule has 1 aromatic heterocycles. The van der Waals surface area contributed by atoms with Gasteiger partial charge in [0.05, 0.1) is 5.52 Å². The number of benzene rings is 1. The molecule has 1 unspecified atom stereocenters. The molecule has 4 rings (SSSR count).